The Morgan fingerprint density at radius 3 is 2.92 bits per heavy atom. The van der Waals surface area contributed by atoms with Crippen LogP contribution in [0, 0.1) is 5.82 Å². The van der Waals surface area contributed by atoms with Crippen LogP contribution in [0.2, 0.25) is 0 Å². The number of pyridine rings is 1. The number of halogens is 1. The van der Waals surface area contributed by atoms with E-state index >= 15 is 0 Å². The molecule has 2 nitrogen and oxygen atoms in total. The molecule has 13 heavy (non-hydrogen) atoms. The lowest BCUT2D eigenvalue weighted by Gasteiger charge is -2.04. The first-order chi connectivity index (χ1) is 6.31. The van der Waals surface area contributed by atoms with Crippen molar-refractivity contribution < 1.29 is 4.39 Å². The van der Waals surface area contributed by atoms with E-state index in [-0.39, 0.29) is 5.82 Å². The number of benzene rings is 1. The maximum absolute atomic E-state index is 12.9. The Morgan fingerprint density at radius 2 is 2.15 bits per heavy atom. The van der Waals surface area contributed by atoms with Crippen molar-refractivity contribution >= 4 is 16.6 Å². The van der Waals surface area contributed by atoms with Gasteiger partial charge in [-0.1, -0.05) is 0 Å². The fourth-order valence-corrected chi connectivity index (χ4v) is 1.34. The van der Waals surface area contributed by atoms with Gasteiger partial charge in [-0.3, -0.25) is 4.98 Å². The molecule has 1 N–H and O–H groups in total. The Hall–Kier alpha value is -1.64. The van der Waals surface area contributed by atoms with Crippen molar-refractivity contribution in [3.8, 4) is 0 Å². The van der Waals surface area contributed by atoms with Crippen molar-refractivity contribution in [2.45, 2.75) is 0 Å². The van der Waals surface area contributed by atoms with Crippen molar-refractivity contribution in [1.29, 1.82) is 0 Å². The van der Waals surface area contributed by atoms with Gasteiger partial charge >= 0.3 is 0 Å². The van der Waals surface area contributed by atoms with Crippen molar-refractivity contribution in [2.24, 2.45) is 0 Å². The Morgan fingerprint density at radius 1 is 1.31 bits per heavy atom. The minimum atomic E-state index is -0.239. The summed E-state index contributed by atoms with van der Waals surface area (Å²) < 4.78 is 12.9. The number of hydrogen-bond acceptors (Lipinski definition) is 2. The summed E-state index contributed by atoms with van der Waals surface area (Å²) in [4.78, 5) is 4.12. The van der Waals surface area contributed by atoms with Crippen LogP contribution in [0.3, 0.4) is 0 Å². The zero-order chi connectivity index (χ0) is 9.26. The monoisotopic (exact) mass is 176 g/mol. The van der Waals surface area contributed by atoms with Gasteiger partial charge in [0.05, 0.1) is 5.52 Å². The largest absolute Gasteiger partial charge is 0.388 e. The van der Waals surface area contributed by atoms with Gasteiger partial charge in [-0.05, 0) is 24.3 Å². The van der Waals surface area contributed by atoms with E-state index in [1.165, 1.54) is 12.1 Å². The van der Waals surface area contributed by atoms with Gasteiger partial charge in [-0.15, -0.1) is 0 Å². The van der Waals surface area contributed by atoms with Crippen LogP contribution in [0.25, 0.3) is 10.9 Å². The van der Waals surface area contributed by atoms with Crippen molar-refractivity contribution in [3.63, 3.8) is 0 Å². The number of aromatic nitrogens is 1. The van der Waals surface area contributed by atoms with Gasteiger partial charge < -0.3 is 5.32 Å². The van der Waals surface area contributed by atoms with Crippen LogP contribution >= 0.6 is 0 Å². The first-order valence-corrected chi connectivity index (χ1v) is 4.03. The first-order valence-electron chi connectivity index (χ1n) is 4.03. The molecule has 0 bridgehead atoms. The standard InChI is InChI=1S/C10H9FN2/c1-12-9-4-5-13-10-3-2-7(11)6-8(9)10/h2-6H,1H3,(H,12,13). The molecule has 0 unspecified atom stereocenters. The molecular weight excluding hydrogens is 167 g/mol. The van der Waals surface area contributed by atoms with E-state index in [0.29, 0.717) is 0 Å². The Bertz CT molecular complexity index is 440. The topological polar surface area (TPSA) is 24.9 Å². The number of anilines is 1. The maximum Gasteiger partial charge on any atom is 0.124 e. The van der Waals surface area contributed by atoms with Gasteiger partial charge in [0.25, 0.3) is 0 Å². The maximum atomic E-state index is 12.9. The van der Waals surface area contributed by atoms with Crippen LogP contribution in [0.1, 0.15) is 0 Å². The van der Waals surface area contributed by atoms with E-state index in [1.54, 1.807) is 19.3 Å². The van der Waals surface area contributed by atoms with Gasteiger partial charge in [-0.2, -0.15) is 0 Å². The summed E-state index contributed by atoms with van der Waals surface area (Å²) in [5.41, 5.74) is 1.69. The quantitative estimate of drug-likeness (QED) is 0.721. The molecule has 0 aliphatic rings. The highest BCUT2D eigenvalue weighted by molar-refractivity contribution is 5.90. The second-order valence-corrected chi connectivity index (χ2v) is 2.77. The van der Waals surface area contributed by atoms with Crippen LogP contribution in [0.4, 0.5) is 10.1 Å². The molecule has 1 aromatic carbocycles. The van der Waals surface area contributed by atoms with Gasteiger partial charge in [0, 0.05) is 24.3 Å². The average Bonchev–Trinajstić information content (AvgIpc) is 2.17. The smallest absolute Gasteiger partial charge is 0.124 e. The van der Waals surface area contributed by atoms with E-state index < -0.39 is 0 Å². The second-order valence-electron chi connectivity index (χ2n) is 2.77. The third-order valence-corrected chi connectivity index (χ3v) is 1.97. The second kappa shape index (κ2) is 3.01. The summed E-state index contributed by atoms with van der Waals surface area (Å²) >= 11 is 0. The summed E-state index contributed by atoms with van der Waals surface area (Å²) in [6.45, 7) is 0. The summed E-state index contributed by atoms with van der Waals surface area (Å²) in [7, 11) is 1.81. The third kappa shape index (κ3) is 1.33. The highest BCUT2D eigenvalue weighted by Crippen LogP contribution is 2.21. The SMILES string of the molecule is CNc1ccnc2ccc(F)cc12. The lowest BCUT2D eigenvalue weighted by atomic mass is 10.2. The average molecular weight is 176 g/mol. The van der Waals surface area contributed by atoms with Crippen molar-refractivity contribution in [3.05, 3.63) is 36.3 Å². The normalized spacial score (nSPS) is 10.3. The molecule has 66 valence electrons. The summed E-state index contributed by atoms with van der Waals surface area (Å²) in [6, 6.07) is 6.39. The zero-order valence-electron chi connectivity index (χ0n) is 7.21. The summed E-state index contributed by atoms with van der Waals surface area (Å²) in [5.74, 6) is -0.239. The lowest BCUT2D eigenvalue weighted by Crippen LogP contribution is -1.91. The third-order valence-electron chi connectivity index (χ3n) is 1.97. The molecule has 1 heterocycles. The Kier molecular flexibility index (Phi) is 1.85. The molecule has 0 fully saturated rings. The summed E-state index contributed by atoms with van der Waals surface area (Å²) in [5, 5.41) is 3.80. The van der Waals surface area contributed by atoms with Crippen LogP contribution < -0.4 is 5.32 Å². The predicted octanol–water partition coefficient (Wildman–Crippen LogP) is 2.42. The molecule has 0 saturated carbocycles. The number of rotatable bonds is 1. The van der Waals surface area contributed by atoms with Crippen molar-refractivity contribution in [1.82, 2.24) is 4.98 Å². The molecular formula is C10H9FN2. The van der Waals surface area contributed by atoms with E-state index in [9.17, 15) is 4.39 Å². The van der Waals surface area contributed by atoms with E-state index in [0.717, 1.165) is 16.6 Å². The molecule has 0 spiro atoms. The Balaban J connectivity index is 2.79. The van der Waals surface area contributed by atoms with E-state index in [2.05, 4.69) is 10.3 Å². The van der Waals surface area contributed by atoms with Crippen LogP contribution in [-0.4, -0.2) is 12.0 Å². The number of nitrogens with zero attached hydrogens (tertiary/aromatic N) is 1. The number of nitrogens with one attached hydrogen (secondary N) is 1. The summed E-state index contributed by atoms with van der Waals surface area (Å²) in [6.07, 6.45) is 1.70. The molecule has 0 aliphatic carbocycles. The van der Waals surface area contributed by atoms with Crippen molar-refractivity contribution in [2.75, 3.05) is 12.4 Å². The van der Waals surface area contributed by atoms with Crippen LogP contribution in [0.15, 0.2) is 30.5 Å². The predicted molar refractivity (Wildman–Crippen MR) is 51.2 cm³/mol. The van der Waals surface area contributed by atoms with Crippen LogP contribution in [-0.2, 0) is 0 Å². The number of hydrogen-bond donors (Lipinski definition) is 1. The fourth-order valence-electron chi connectivity index (χ4n) is 1.34. The molecule has 0 saturated heterocycles. The molecule has 0 radical (unpaired) electrons. The van der Waals surface area contributed by atoms with Gasteiger partial charge in [0.2, 0.25) is 0 Å². The highest BCUT2D eigenvalue weighted by atomic mass is 19.1. The lowest BCUT2D eigenvalue weighted by molar-refractivity contribution is 0.629. The number of fused-ring (bicyclic) bond motifs is 1. The molecule has 2 rings (SSSR count). The molecule has 1 aromatic heterocycles. The molecule has 0 amide bonds. The van der Waals surface area contributed by atoms with Crippen LogP contribution in [0.5, 0.6) is 0 Å². The van der Waals surface area contributed by atoms with Gasteiger partial charge in [0.1, 0.15) is 5.82 Å². The van der Waals surface area contributed by atoms with E-state index in [1.807, 2.05) is 6.07 Å². The highest BCUT2D eigenvalue weighted by Gasteiger charge is 2.00. The molecule has 3 heteroatoms. The minimum absolute atomic E-state index is 0.239. The zero-order valence-corrected chi connectivity index (χ0v) is 7.21. The minimum Gasteiger partial charge on any atom is -0.388 e. The van der Waals surface area contributed by atoms with Gasteiger partial charge in [-0.25, -0.2) is 4.39 Å². The fraction of sp³-hybridized carbons (Fsp3) is 0.100. The molecule has 0 atom stereocenters. The molecule has 2 aromatic rings. The first kappa shape index (κ1) is 7.98. The molecule has 0 aliphatic heterocycles. The van der Waals surface area contributed by atoms with E-state index in [4.69, 9.17) is 0 Å². The van der Waals surface area contributed by atoms with Gasteiger partial charge in [0.15, 0.2) is 0 Å². The Labute approximate surface area is 75.4 Å².